The van der Waals surface area contributed by atoms with Crippen molar-refractivity contribution in [2.75, 3.05) is 13.2 Å². The number of nitrogens with zero attached hydrogens (tertiary/aromatic N) is 1. The summed E-state index contributed by atoms with van der Waals surface area (Å²) in [6, 6.07) is 8.06. The summed E-state index contributed by atoms with van der Waals surface area (Å²) in [5.41, 5.74) is 8.00. The minimum Gasteiger partial charge on any atom is -0.379 e. The molecule has 15 heavy (non-hydrogen) atoms. The van der Waals surface area contributed by atoms with E-state index < -0.39 is 0 Å². The van der Waals surface area contributed by atoms with Crippen molar-refractivity contribution in [3.63, 3.8) is 0 Å². The molecule has 0 radical (unpaired) electrons. The van der Waals surface area contributed by atoms with Crippen LogP contribution >= 0.6 is 0 Å². The normalized spacial score (nSPS) is 26.2. The van der Waals surface area contributed by atoms with E-state index in [-0.39, 0.29) is 12.0 Å². The Morgan fingerprint density at radius 1 is 1.33 bits per heavy atom. The van der Waals surface area contributed by atoms with E-state index in [1.54, 1.807) is 0 Å². The van der Waals surface area contributed by atoms with Crippen LogP contribution in [0.2, 0.25) is 0 Å². The lowest BCUT2D eigenvalue weighted by atomic mass is 10.0. The van der Waals surface area contributed by atoms with Crippen molar-refractivity contribution in [2.24, 2.45) is 5.73 Å². The second-order valence-corrected chi connectivity index (χ2v) is 3.95. The van der Waals surface area contributed by atoms with Crippen molar-refractivity contribution >= 4 is 11.0 Å². The molecule has 1 saturated heterocycles. The highest BCUT2D eigenvalue weighted by Gasteiger charge is 2.28. The minimum absolute atomic E-state index is 0.0607. The van der Waals surface area contributed by atoms with Crippen molar-refractivity contribution in [3.05, 3.63) is 30.1 Å². The van der Waals surface area contributed by atoms with Gasteiger partial charge in [-0.15, -0.1) is 0 Å². The van der Waals surface area contributed by atoms with E-state index in [0.29, 0.717) is 13.2 Å². The second-order valence-electron chi connectivity index (χ2n) is 3.95. The summed E-state index contributed by atoms with van der Waals surface area (Å²) in [5.74, 6) is 1.15. The zero-order valence-electron chi connectivity index (χ0n) is 8.31. The molecule has 1 aromatic heterocycles. The molecule has 4 heteroatoms. The van der Waals surface area contributed by atoms with Gasteiger partial charge in [0.15, 0.2) is 0 Å². The zero-order chi connectivity index (χ0) is 10.3. The van der Waals surface area contributed by atoms with Gasteiger partial charge < -0.3 is 15.5 Å². The van der Waals surface area contributed by atoms with Crippen LogP contribution in [0.1, 0.15) is 11.7 Å². The predicted molar refractivity (Wildman–Crippen MR) is 57.6 cm³/mol. The second kappa shape index (κ2) is 3.32. The molecule has 2 heterocycles. The summed E-state index contributed by atoms with van der Waals surface area (Å²) in [7, 11) is 0. The average Bonchev–Trinajstić information content (AvgIpc) is 2.82. The molecule has 2 unspecified atom stereocenters. The lowest BCUT2D eigenvalue weighted by Gasteiger charge is -2.08. The van der Waals surface area contributed by atoms with Gasteiger partial charge in [-0.25, -0.2) is 4.98 Å². The number of fused-ring (bicyclic) bond motifs is 1. The first-order chi connectivity index (χ1) is 7.34. The van der Waals surface area contributed by atoms with Crippen molar-refractivity contribution in [3.8, 4) is 0 Å². The molecule has 0 bridgehead atoms. The molecule has 2 aromatic rings. The Morgan fingerprint density at radius 3 is 2.93 bits per heavy atom. The maximum absolute atomic E-state index is 5.95. The fraction of sp³-hybridized carbons (Fsp3) is 0.364. The maximum atomic E-state index is 5.95. The average molecular weight is 203 g/mol. The molecular formula is C11H13N3O. The first-order valence-corrected chi connectivity index (χ1v) is 5.12. The van der Waals surface area contributed by atoms with Gasteiger partial charge in [0, 0.05) is 6.04 Å². The smallest absolute Gasteiger partial charge is 0.114 e. The largest absolute Gasteiger partial charge is 0.379 e. The number of rotatable bonds is 1. The zero-order valence-corrected chi connectivity index (χ0v) is 8.31. The molecule has 78 valence electrons. The highest BCUT2D eigenvalue weighted by Crippen LogP contribution is 2.24. The number of aromatic amines is 1. The summed E-state index contributed by atoms with van der Waals surface area (Å²) in [4.78, 5) is 7.83. The van der Waals surface area contributed by atoms with E-state index in [1.165, 1.54) is 0 Å². The van der Waals surface area contributed by atoms with Gasteiger partial charge in [-0.2, -0.15) is 0 Å². The van der Waals surface area contributed by atoms with Crippen molar-refractivity contribution in [1.82, 2.24) is 9.97 Å². The fourth-order valence-electron chi connectivity index (χ4n) is 2.00. The Balaban J connectivity index is 2.04. The van der Waals surface area contributed by atoms with Gasteiger partial charge in [-0.3, -0.25) is 0 Å². The van der Waals surface area contributed by atoms with Crippen LogP contribution in [0.5, 0.6) is 0 Å². The lowest BCUT2D eigenvalue weighted by Crippen LogP contribution is -2.27. The number of para-hydroxylation sites is 2. The molecule has 4 nitrogen and oxygen atoms in total. The van der Waals surface area contributed by atoms with Crippen LogP contribution in [-0.2, 0) is 4.74 Å². The Labute approximate surface area is 87.4 Å². The van der Waals surface area contributed by atoms with Crippen molar-refractivity contribution < 1.29 is 4.74 Å². The third-order valence-electron chi connectivity index (χ3n) is 2.88. The molecule has 3 N–H and O–H groups in total. The van der Waals surface area contributed by atoms with E-state index >= 15 is 0 Å². The lowest BCUT2D eigenvalue weighted by molar-refractivity contribution is 0.190. The molecular weight excluding hydrogens is 190 g/mol. The number of benzene rings is 1. The van der Waals surface area contributed by atoms with Crippen LogP contribution < -0.4 is 5.73 Å². The fourth-order valence-corrected chi connectivity index (χ4v) is 2.00. The maximum Gasteiger partial charge on any atom is 0.114 e. The topological polar surface area (TPSA) is 63.9 Å². The monoisotopic (exact) mass is 203 g/mol. The summed E-state index contributed by atoms with van der Waals surface area (Å²) in [6.45, 7) is 1.29. The molecule has 2 atom stereocenters. The molecule has 0 aliphatic carbocycles. The number of nitrogens with one attached hydrogen (secondary N) is 1. The summed E-state index contributed by atoms with van der Waals surface area (Å²) >= 11 is 0. The molecule has 1 aliphatic heterocycles. The van der Waals surface area contributed by atoms with Gasteiger partial charge in [-0.1, -0.05) is 12.1 Å². The number of hydrogen-bond donors (Lipinski definition) is 2. The van der Waals surface area contributed by atoms with Crippen LogP contribution in [0, 0.1) is 0 Å². The van der Waals surface area contributed by atoms with Crippen molar-refractivity contribution in [1.29, 1.82) is 0 Å². The molecule has 0 saturated carbocycles. The number of hydrogen-bond acceptors (Lipinski definition) is 3. The number of ether oxygens (including phenoxy) is 1. The van der Waals surface area contributed by atoms with Gasteiger partial charge in [0.25, 0.3) is 0 Å². The summed E-state index contributed by atoms with van der Waals surface area (Å²) < 4.78 is 5.33. The third-order valence-corrected chi connectivity index (χ3v) is 2.88. The number of H-pyrrole nitrogens is 1. The van der Waals surface area contributed by atoms with Crippen molar-refractivity contribution in [2.45, 2.75) is 12.0 Å². The van der Waals surface area contributed by atoms with E-state index in [4.69, 9.17) is 10.5 Å². The predicted octanol–water partition coefficient (Wildman–Crippen LogP) is 1.00. The highest BCUT2D eigenvalue weighted by molar-refractivity contribution is 5.74. The number of nitrogens with two attached hydrogens (primary N) is 1. The Hall–Kier alpha value is -1.39. The summed E-state index contributed by atoms with van der Waals surface area (Å²) in [6.07, 6.45) is 0. The quantitative estimate of drug-likeness (QED) is 0.726. The van der Waals surface area contributed by atoms with Gasteiger partial charge in [0.2, 0.25) is 0 Å². The molecule has 1 aromatic carbocycles. The third kappa shape index (κ3) is 1.42. The van der Waals surface area contributed by atoms with E-state index in [9.17, 15) is 0 Å². The van der Waals surface area contributed by atoms with Crippen LogP contribution in [0.3, 0.4) is 0 Å². The van der Waals surface area contributed by atoms with Crippen LogP contribution in [0.25, 0.3) is 11.0 Å². The first-order valence-electron chi connectivity index (χ1n) is 5.12. The SMILES string of the molecule is NC1COCC1c1nc2ccccc2[nH]1. The standard InChI is InChI=1S/C11H13N3O/c12-8-6-15-5-7(8)11-13-9-3-1-2-4-10(9)14-11/h1-4,7-8H,5-6,12H2,(H,13,14). The van der Waals surface area contributed by atoms with Gasteiger partial charge >= 0.3 is 0 Å². The number of imidazole rings is 1. The Kier molecular flexibility index (Phi) is 1.97. The molecule has 0 amide bonds. The van der Waals surface area contributed by atoms with E-state index in [2.05, 4.69) is 9.97 Å². The first kappa shape index (κ1) is 8.88. The van der Waals surface area contributed by atoms with Crippen LogP contribution in [-0.4, -0.2) is 29.2 Å². The molecule has 0 spiro atoms. The molecule has 3 rings (SSSR count). The Bertz CT molecular complexity index is 446. The Morgan fingerprint density at radius 2 is 2.20 bits per heavy atom. The summed E-state index contributed by atoms with van der Waals surface area (Å²) in [5, 5.41) is 0. The molecule has 1 fully saturated rings. The van der Waals surface area contributed by atoms with Crippen LogP contribution in [0.15, 0.2) is 24.3 Å². The van der Waals surface area contributed by atoms with Gasteiger partial charge in [0.1, 0.15) is 5.82 Å². The van der Waals surface area contributed by atoms with Crippen LogP contribution in [0.4, 0.5) is 0 Å². The van der Waals surface area contributed by atoms with Gasteiger partial charge in [0.05, 0.1) is 30.2 Å². The highest BCUT2D eigenvalue weighted by atomic mass is 16.5. The van der Waals surface area contributed by atoms with E-state index in [1.807, 2.05) is 24.3 Å². The minimum atomic E-state index is 0.0607. The van der Waals surface area contributed by atoms with E-state index in [0.717, 1.165) is 16.9 Å². The van der Waals surface area contributed by atoms with Gasteiger partial charge in [-0.05, 0) is 12.1 Å². The molecule has 1 aliphatic rings. The number of aromatic nitrogens is 2.